The van der Waals surface area contributed by atoms with Crippen LogP contribution in [-0.4, -0.2) is 19.5 Å². The van der Waals surface area contributed by atoms with E-state index in [2.05, 4.69) is 162 Å². The van der Waals surface area contributed by atoms with Gasteiger partial charge >= 0.3 is 0 Å². The van der Waals surface area contributed by atoms with Gasteiger partial charge in [0.2, 0.25) is 0 Å². The molecule has 248 valence electrons. The van der Waals surface area contributed by atoms with Crippen LogP contribution < -0.4 is 0 Å². The maximum absolute atomic E-state index is 5.04. The van der Waals surface area contributed by atoms with Gasteiger partial charge in [-0.05, 0) is 69.4 Å². The number of benzene rings is 8. The summed E-state index contributed by atoms with van der Waals surface area (Å²) in [6.07, 6.45) is 0. The summed E-state index contributed by atoms with van der Waals surface area (Å²) in [5, 5.41) is 4.83. The summed E-state index contributed by atoms with van der Waals surface area (Å²) < 4.78 is 2.34. The zero-order chi connectivity index (χ0) is 35.1. The van der Waals surface area contributed by atoms with Crippen LogP contribution in [0.5, 0.6) is 0 Å². The van der Waals surface area contributed by atoms with Crippen molar-refractivity contribution in [2.45, 2.75) is 0 Å². The van der Waals surface area contributed by atoms with Crippen LogP contribution in [0, 0.1) is 0 Å². The predicted octanol–water partition coefficient (Wildman–Crippen LogP) is 12.5. The van der Waals surface area contributed by atoms with Crippen molar-refractivity contribution in [3.05, 3.63) is 194 Å². The van der Waals surface area contributed by atoms with Crippen LogP contribution in [0.3, 0.4) is 0 Å². The van der Waals surface area contributed by atoms with Gasteiger partial charge < -0.3 is 4.57 Å². The molecule has 10 rings (SSSR count). The molecule has 8 aromatic carbocycles. The maximum Gasteiger partial charge on any atom is 0.164 e. The number of nitrogens with zero attached hydrogens (tertiary/aromatic N) is 4. The van der Waals surface area contributed by atoms with Crippen molar-refractivity contribution in [3.8, 4) is 62.1 Å². The molecule has 0 atom stereocenters. The van der Waals surface area contributed by atoms with Crippen molar-refractivity contribution < 1.29 is 0 Å². The fourth-order valence-electron chi connectivity index (χ4n) is 7.36. The largest absolute Gasteiger partial charge is 0.309 e. The number of para-hydroxylation sites is 2. The van der Waals surface area contributed by atoms with Gasteiger partial charge in [0.1, 0.15) is 0 Å². The summed E-state index contributed by atoms with van der Waals surface area (Å²) in [4.78, 5) is 15.0. The quantitative estimate of drug-likeness (QED) is 0.176. The number of aromatic nitrogens is 4. The molecule has 0 unspecified atom stereocenters. The van der Waals surface area contributed by atoms with E-state index in [4.69, 9.17) is 15.0 Å². The molecule has 0 aliphatic heterocycles. The van der Waals surface area contributed by atoms with Gasteiger partial charge in [-0.25, -0.2) is 15.0 Å². The van der Waals surface area contributed by atoms with Gasteiger partial charge in [-0.15, -0.1) is 0 Å². The second kappa shape index (κ2) is 12.9. The summed E-state index contributed by atoms with van der Waals surface area (Å²) in [7, 11) is 0. The topological polar surface area (TPSA) is 43.6 Å². The van der Waals surface area contributed by atoms with E-state index < -0.39 is 0 Å². The number of hydrogen-bond donors (Lipinski definition) is 0. The molecule has 2 heterocycles. The first-order chi connectivity index (χ1) is 26.2. The monoisotopic (exact) mass is 676 g/mol. The SMILES string of the molecule is c1ccc(-c2ccc3cc(-c4nc(-c5ccccc5)nc(-c5ccc(-c6ccc(-n7c8ccccc8c8ccccc87)cc6)cc5)n4)ccc3c2)cc1. The average Bonchev–Trinajstić information content (AvgIpc) is 3.58. The first-order valence-electron chi connectivity index (χ1n) is 17.9. The van der Waals surface area contributed by atoms with Crippen LogP contribution in [0.1, 0.15) is 0 Å². The molecule has 10 aromatic rings. The maximum atomic E-state index is 5.04. The third kappa shape index (κ3) is 5.63. The molecule has 4 heteroatoms. The van der Waals surface area contributed by atoms with Gasteiger partial charge in [-0.2, -0.15) is 0 Å². The molecule has 0 aliphatic rings. The molecule has 0 radical (unpaired) electrons. The summed E-state index contributed by atoms with van der Waals surface area (Å²) in [5.74, 6) is 1.93. The van der Waals surface area contributed by atoms with Crippen LogP contribution in [0.2, 0.25) is 0 Å². The molecule has 2 aromatic heterocycles. The van der Waals surface area contributed by atoms with E-state index in [0.717, 1.165) is 38.9 Å². The van der Waals surface area contributed by atoms with E-state index in [-0.39, 0.29) is 0 Å². The lowest BCUT2D eigenvalue weighted by Gasteiger charge is -2.11. The minimum Gasteiger partial charge on any atom is -0.309 e. The van der Waals surface area contributed by atoms with Gasteiger partial charge in [-0.1, -0.05) is 158 Å². The Morgan fingerprint density at radius 3 is 1.25 bits per heavy atom. The van der Waals surface area contributed by atoms with Crippen LogP contribution in [0.4, 0.5) is 0 Å². The van der Waals surface area contributed by atoms with Gasteiger partial charge in [0, 0.05) is 33.2 Å². The standard InChI is InChI=1S/C49H32N4/c1-3-11-33(12-4-1)38-23-24-40-32-41(26-25-39(40)31-38)49-51-47(36-13-5-2-6-14-36)50-48(52-49)37-21-19-34(20-22-37)35-27-29-42(30-28-35)53-45-17-9-7-15-43(45)44-16-8-10-18-46(44)53/h1-32H. The minimum absolute atomic E-state index is 0.640. The minimum atomic E-state index is 0.640. The van der Waals surface area contributed by atoms with Crippen molar-refractivity contribution in [2.24, 2.45) is 0 Å². The first-order valence-corrected chi connectivity index (χ1v) is 17.9. The summed E-state index contributed by atoms with van der Waals surface area (Å²) in [6, 6.07) is 68.2. The van der Waals surface area contributed by atoms with Crippen LogP contribution in [-0.2, 0) is 0 Å². The van der Waals surface area contributed by atoms with Gasteiger partial charge in [-0.3, -0.25) is 0 Å². The molecule has 0 saturated heterocycles. The Balaban J connectivity index is 0.991. The van der Waals surface area contributed by atoms with Gasteiger partial charge in [0.25, 0.3) is 0 Å². The van der Waals surface area contributed by atoms with E-state index in [9.17, 15) is 0 Å². The fraction of sp³-hybridized carbons (Fsp3) is 0. The van der Waals surface area contributed by atoms with E-state index in [1.165, 1.54) is 38.3 Å². The third-order valence-electron chi connectivity index (χ3n) is 10.1. The molecule has 0 N–H and O–H groups in total. The highest BCUT2D eigenvalue weighted by atomic mass is 15.0. The lowest BCUT2D eigenvalue weighted by atomic mass is 10.00. The first kappa shape index (κ1) is 30.6. The fourth-order valence-corrected chi connectivity index (χ4v) is 7.36. The Labute approximate surface area is 307 Å². The average molecular weight is 677 g/mol. The van der Waals surface area contributed by atoms with Crippen LogP contribution in [0.15, 0.2) is 194 Å². The highest BCUT2D eigenvalue weighted by Crippen LogP contribution is 2.34. The van der Waals surface area contributed by atoms with Crippen molar-refractivity contribution in [1.82, 2.24) is 19.5 Å². The predicted molar refractivity (Wildman–Crippen MR) is 219 cm³/mol. The summed E-state index contributed by atoms with van der Waals surface area (Å²) in [5.41, 5.74) is 11.1. The molecular formula is C49H32N4. The number of hydrogen-bond acceptors (Lipinski definition) is 3. The molecule has 4 nitrogen and oxygen atoms in total. The Hall–Kier alpha value is -7.17. The zero-order valence-electron chi connectivity index (χ0n) is 28.8. The van der Waals surface area contributed by atoms with E-state index in [1.807, 2.05) is 36.4 Å². The lowest BCUT2D eigenvalue weighted by Crippen LogP contribution is -2.00. The Morgan fingerprint density at radius 1 is 0.283 bits per heavy atom. The van der Waals surface area contributed by atoms with Crippen LogP contribution >= 0.6 is 0 Å². The molecule has 0 spiro atoms. The van der Waals surface area contributed by atoms with Gasteiger partial charge in [0.05, 0.1) is 11.0 Å². The molecule has 0 bridgehead atoms. The smallest absolute Gasteiger partial charge is 0.164 e. The Kier molecular flexibility index (Phi) is 7.43. The van der Waals surface area contributed by atoms with E-state index >= 15 is 0 Å². The molecule has 0 aliphatic carbocycles. The molecule has 0 saturated carbocycles. The van der Waals surface area contributed by atoms with E-state index in [1.54, 1.807) is 0 Å². The molecule has 0 fully saturated rings. The molecule has 53 heavy (non-hydrogen) atoms. The molecular weight excluding hydrogens is 645 g/mol. The highest BCUT2D eigenvalue weighted by molar-refractivity contribution is 6.09. The second-order valence-corrected chi connectivity index (χ2v) is 13.3. The second-order valence-electron chi connectivity index (χ2n) is 13.3. The lowest BCUT2D eigenvalue weighted by molar-refractivity contribution is 1.07. The van der Waals surface area contributed by atoms with Crippen molar-refractivity contribution in [3.63, 3.8) is 0 Å². The Bertz CT molecular complexity index is 2860. The molecule has 0 amide bonds. The number of fused-ring (bicyclic) bond motifs is 4. The van der Waals surface area contributed by atoms with Crippen molar-refractivity contribution in [2.75, 3.05) is 0 Å². The van der Waals surface area contributed by atoms with Crippen molar-refractivity contribution in [1.29, 1.82) is 0 Å². The van der Waals surface area contributed by atoms with Crippen molar-refractivity contribution >= 4 is 32.6 Å². The van der Waals surface area contributed by atoms with Gasteiger partial charge in [0.15, 0.2) is 17.5 Å². The highest BCUT2D eigenvalue weighted by Gasteiger charge is 2.15. The normalized spacial score (nSPS) is 11.4. The summed E-state index contributed by atoms with van der Waals surface area (Å²) >= 11 is 0. The zero-order valence-corrected chi connectivity index (χ0v) is 28.8. The Morgan fingerprint density at radius 2 is 0.660 bits per heavy atom. The van der Waals surface area contributed by atoms with Crippen LogP contribution in [0.25, 0.3) is 94.7 Å². The summed E-state index contributed by atoms with van der Waals surface area (Å²) in [6.45, 7) is 0. The number of rotatable bonds is 6. The van der Waals surface area contributed by atoms with E-state index in [0.29, 0.717) is 17.5 Å². The third-order valence-corrected chi connectivity index (χ3v) is 10.1.